The summed E-state index contributed by atoms with van der Waals surface area (Å²) in [6, 6.07) is 10.9. The Morgan fingerprint density at radius 1 is 1.12 bits per heavy atom. The first kappa shape index (κ1) is 9.70. The van der Waals surface area contributed by atoms with Crippen molar-refractivity contribution in [1.29, 1.82) is 0 Å². The highest BCUT2D eigenvalue weighted by molar-refractivity contribution is 5.82. The summed E-state index contributed by atoms with van der Waals surface area (Å²) in [5, 5.41) is 3.53. The molecule has 3 rings (SSSR count). The normalized spacial score (nSPS) is 24.4. The van der Waals surface area contributed by atoms with Gasteiger partial charge >= 0.3 is 0 Å². The van der Waals surface area contributed by atoms with E-state index in [9.17, 15) is 0 Å². The molecule has 3 heteroatoms. The van der Waals surface area contributed by atoms with Gasteiger partial charge in [-0.05, 0) is 18.4 Å². The van der Waals surface area contributed by atoms with Crippen LogP contribution in [0.25, 0.3) is 0 Å². The SMILES string of the molecule is c1ccc(C2CN=C(N3CCCC3)N2)cc1. The molecule has 1 N–H and O–H groups in total. The van der Waals surface area contributed by atoms with Gasteiger partial charge in [-0.1, -0.05) is 30.3 Å². The zero-order valence-electron chi connectivity index (χ0n) is 9.39. The Morgan fingerprint density at radius 3 is 2.62 bits per heavy atom. The minimum Gasteiger partial charge on any atom is -0.348 e. The molecule has 1 aromatic carbocycles. The summed E-state index contributed by atoms with van der Waals surface area (Å²) in [5.41, 5.74) is 1.33. The molecule has 0 amide bonds. The monoisotopic (exact) mass is 215 g/mol. The van der Waals surface area contributed by atoms with Gasteiger partial charge in [0.25, 0.3) is 0 Å². The van der Waals surface area contributed by atoms with E-state index < -0.39 is 0 Å². The molecule has 1 aromatic rings. The van der Waals surface area contributed by atoms with Gasteiger partial charge in [-0.15, -0.1) is 0 Å². The van der Waals surface area contributed by atoms with Crippen LogP contribution in [-0.2, 0) is 0 Å². The van der Waals surface area contributed by atoms with Crippen LogP contribution in [0.5, 0.6) is 0 Å². The number of nitrogens with zero attached hydrogens (tertiary/aromatic N) is 2. The van der Waals surface area contributed by atoms with E-state index in [0.29, 0.717) is 6.04 Å². The maximum atomic E-state index is 4.61. The lowest BCUT2D eigenvalue weighted by molar-refractivity contribution is 0.497. The molecule has 1 unspecified atom stereocenters. The molecule has 2 heterocycles. The minimum absolute atomic E-state index is 0.372. The summed E-state index contributed by atoms with van der Waals surface area (Å²) < 4.78 is 0. The van der Waals surface area contributed by atoms with Crippen molar-refractivity contribution in [3.63, 3.8) is 0 Å². The van der Waals surface area contributed by atoms with Crippen LogP contribution in [0.1, 0.15) is 24.4 Å². The van der Waals surface area contributed by atoms with E-state index in [0.717, 1.165) is 25.6 Å². The molecule has 3 nitrogen and oxygen atoms in total. The molecule has 1 saturated heterocycles. The number of rotatable bonds is 1. The second-order valence-electron chi connectivity index (χ2n) is 4.47. The fourth-order valence-corrected chi connectivity index (χ4v) is 2.42. The predicted molar refractivity (Wildman–Crippen MR) is 65.4 cm³/mol. The number of likely N-dealkylation sites (tertiary alicyclic amines) is 1. The standard InChI is InChI=1S/C13H17N3/c1-2-6-11(7-3-1)12-10-14-13(15-12)16-8-4-5-9-16/h1-3,6-7,12H,4-5,8-10H2,(H,14,15). The Labute approximate surface area is 96.2 Å². The molecular formula is C13H17N3. The van der Waals surface area contributed by atoms with Crippen molar-refractivity contribution in [1.82, 2.24) is 10.2 Å². The van der Waals surface area contributed by atoms with E-state index in [-0.39, 0.29) is 0 Å². The van der Waals surface area contributed by atoms with Gasteiger partial charge in [-0.2, -0.15) is 0 Å². The zero-order valence-corrected chi connectivity index (χ0v) is 9.39. The Balaban J connectivity index is 1.67. The molecule has 0 saturated carbocycles. The van der Waals surface area contributed by atoms with Crippen molar-refractivity contribution in [3.05, 3.63) is 35.9 Å². The number of hydrogen-bond donors (Lipinski definition) is 1. The molecule has 84 valence electrons. The third-order valence-corrected chi connectivity index (χ3v) is 3.33. The van der Waals surface area contributed by atoms with E-state index in [1.165, 1.54) is 18.4 Å². The third kappa shape index (κ3) is 1.77. The van der Waals surface area contributed by atoms with Gasteiger partial charge in [-0.3, -0.25) is 4.99 Å². The van der Waals surface area contributed by atoms with Crippen LogP contribution in [-0.4, -0.2) is 30.5 Å². The van der Waals surface area contributed by atoms with Gasteiger partial charge in [0.05, 0.1) is 12.6 Å². The van der Waals surface area contributed by atoms with E-state index in [1.54, 1.807) is 0 Å². The molecule has 0 aliphatic carbocycles. The number of aliphatic imine (C=N–C) groups is 1. The first-order chi connectivity index (χ1) is 7.93. The summed E-state index contributed by atoms with van der Waals surface area (Å²) in [5.74, 6) is 1.10. The van der Waals surface area contributed by atoms with Crippen molar-refractivity contribution < 1.29 is 0 Å². The minimum atomic E-state index is 0.372. The van der Waals surface area contributed by atoms with Gasteiger partial charge in [0.2, 0.25) is 0 Å². The molecule has 1 fully saturated rings. The van der Waals surface area contributed by atoms with E-state index in [1.807, 2.05) is 0 Å². The summed E-state index contributed by atoms with van der Waals surface area (Å²) >= 11 is 0. The Hall–Kier alpha value is -1.51. The lowest BCUT2D eigenvalue weighted by Crippen LogP contribution is -2.37. The molecule has 2 aliphatic rings. The third-order valence-electron chi connectivity index (χ3n) is 3.33. The molecule has 2 aliphatic heterocycles. The van der Waals surface area contributed by atoms with Crippen LogP contribution >= 0.6 is 0 Å². The molecule has 16 heavy (non-hydrogen) atoms. The second-order valence-corrected chi connectivity index (χ2v) is 4.47. The van der Waals surface area contributed by atoms with Gasteiger partial charge in [0, 0.05) is 13.1 Å². The highest BCUT2D eigenvalue weighted by atomic mass is 15.3. The zero-order chi connectivity index (χ0) is 10.8. The van der Waals surface area contributed by atoms with Gasteiger partial charge < -0.3 is 10.2 Å². The van der Waals surface area contributed by atoms with Crippen molar-refractivity contribution in [3.8, 4) is 0 Å². The average molecular weight is 215 g/mol. The number of nitrogens with one attached hydrogen (secondary N) is 1. The quantitative estimate of drug-likeness (QED) is 0.773. The number of guanidine groups is 1. The van der Waals surface area contributed by atoms with Crippen LogP contribution < -0.4 is 5.32 Å². The van der Waals surface area contributed by atoms with Gasteiger partial charge in [0.15, 0.2) is 5.96 Å². The second kappa shape index (κ2) is 4.16. The number of benzene rings is 1. The Morgan fingerprint density at radius 2 is 1.88 bits per heavy atom. The summed E-state index contributed by atoms with van der Waals surface area (Å²) in [6.45, 7) is 3.19. The van der Waals surface area contributed by atoms with Crippen molar-refractivity contribution in [2.75, 3.05) is 19.6 Å². The van der Waals surface area contributed by atoms with Crippen molar-refractivity contribution in [2.45, 2.75) is 18.9 Å². The highest BCUT2D eigenvalue weighted by Crippen LogP contribution is 2.19. The first-order valence-electron chi connectivity index (χ1n) is 6.04. The molecule has 0 radical (unpaired) electrons. The van der Waals surface area contributed by atoms with E-state index >= 15 is 0 Å². The maximum Gasteiger partial charge on any atom is 0.194 e. The van der Waals surface area contributed by atoms with Crippen LogP contribution in [0.3, 0.4) is 0 Å². The fourth-order valence-electron chi connectivity index (χ4n) is 2.42. The number of hydrogen-bond acceptors (Lipinski definition) is 3. The van der Waals surface area contributed by atoms with Crippen molar-refractivity contribution in [2.24, 2.45) is 4.99 Å². The molecule has 0 bridgehead atoms. The Bertz CT molecular complexity index is 379. The lowest BCUT2D eigenvalue weighted by atomic mass is 10.1. The molecular weight excluding hydrogens is 198 g/mol. The van der Waals surface area contributed by atoms with Crippen LogP contribution in [0.15, 0.2) is 35.3 Å². The summed E-state index contributed by atoms with van der Waals surface area (Å²) in [4.78, 5) is 6.97. The Kier molecular flexibility index (Phi) is 2.52. The average Bonchev–Trinajstić information content (AvgIpc) is 3.01. The van der Waals surface area contributed by atoms with E-state index in [4.69, 9.17) is 0 Å². The summed E-state index contributed by atoms with van der Waals surface area (Å²) in [6.07, 6.45) is 2.60. The summed E-state index contributed by atoms with van der Waals surface area (Å²) in [7, 11) is 0. The van der Waals surface area contributed by atoms with Gasteiger partial charge in [0.1, 0.15) is 0 Å². The highest BCUT2D eigenvalue weighted by Gasteiger charge is 2.24. The topological polar surface area (TPSA) is 27.6 Å². The van der Waals surface area contributed by atoms with Crippen LogP contribution in [0, 0.1) is 0 Å². The predicted octanol–water partition coefficient (Wildman–Crippen LogP) is 1.78. The molecule has 0 aromatic heterocycles. The lowest BCUT2D eigenvalue weighted by Gasteiger charge is -2.19. The largest absolute Gasteiger partial charge is 0.348 e. The maximum absolute atomic E-state index is 4.61. The fraction of sp³-hybridized carbons (Fsp3) is 0.462. The van der Waals surface area contributed by atoms with Crippen LogP contribution in [0.2, 0.25) is 0 Å². The first-order valence-corrected chi connectivity index (χ1v) is 6.04. The molecule has 0 spiro atoms. The van der Waals surface area contributed by atoms with Crippen molar-refractivity contribution >= 4 is 5.96 Å². The smallest absolute Gasteiger partial charge is 0.194 e. The van der Waals surface area contributed by atoms with Gasteiger partial charge in [-0.25, -0.2) is 0 Å². The van der Waals surface area contributed by atoms with E-state index in [2.05, 4.69) is 45.5 Å². The molecule has 1 atom stereocenters. The van der Waals surface area contributed by atoms with Crippen LogP contribution in [0.4, 0.5) is 0 Å².